The first-order valence-corrected chi connectivity index (χ1v) is 7.69. The fraction of sp³-hybridized carbons (Fsp3) is 0.429. The van der Waals surface area contributed by atoms with E-state index in [-0.39, 0.29) is 0 Å². The number of rotatable bonds is 7. The Hall–Kier alpha value is -1.53. The predicted octanol–water partition coefficient (Wildman–Crippen LogP) is 1.32. The maximum Gasteiger partial charge on any atom is 0.326 e. The van der Waals surface area contributed by atoms with Gasteiger partial charge in [0.05, 0.1) is 0 Å². The molecule has 0 saturated heterocycles. The van der Waals surface area contributed by atoms with Crippen LogP contribution in [-0.2, 0) is 9.59 Å². The van der Waals surface area contributed by atoms with E-state index in [2.05, 4.69) is 5.32 Å². The summed E-state index contributed by atoms with van der Waals surface area (Å²) in [6.45, 7) is 1.94. The molecule has 0 aliphatic carbocycles. The number of aryl methyl sites for hydroxylation is 1. The van der Waals surface area contributed by atoms with E-state index in [1.165, 1.54) is 11.8 Å². The smallest absolute Gasteiger partial charge is 0.326 e. The molecule has 0 aliphatic rings. The van der Waals surface area contributed by atoms with Crippen molar-refractivity contribution >= 4 is 23.6 Å². The van der Waals surface area contributed by atoms with Crippen LogP contribution < -0.4 is 11.1 Å². The lowest BCUT2D eigenvalue weighted by Gasteiger charge is -2.17. The second-order valence-electron chi connectivity index (χ2n) is 4.57. The quantitative estimate of drug-likeness (QED) is 0.705. The molecule has 1 unspecified atom stereocenters. The molecule has 0 aliphatic heterocycles. The number of amides is 1. The van der Waals surface area contributed by atoms with Crippen LogP contribution in [0.5, 0.6) is 0 Å². The molecule has 2 atom stereocenters. The zero-order valence-corrected chi connectivity index (χ0v) is 12.4. The standard InChI is InChI=1S/C14H20N2O3S/c1-9-3-5-10(6-4-9)12(15)13(17)16-11(14(18)19)7-8-20-2/h3-6,11-12H,7-8,15H2,1-2H3,(H,16,17)(H,18,19)/t11-,12?/m0/s1. The van der Waals surface area contributed by atoms with Crippen LogP contribution >= 0.6 is 11.8 Å². The minimum atomic E-state index is -1.04. The Kier molecular flexibility index (Phi) is 6.54. The average molecular weight is 296 g/mol. The second-order valence-corrected chi connectivity index (χ2v) is 5.55. The van der Waals surface area contributed by atoms with Crippen LogP contribution in [0.4, 0.5) is 0 Å². The van der Waals surface area contributed by atoms with Gasteiger partial charge in [-0.3, -0.25) is 4.79 Å². The molecule has 0 heterocycles. The monoisotopic (exact) mass is 296 g/mol. The number of benzene rings is 1. The van der Waals surface area contributed by atoms with Gasteiger partial charge in [-0.05, 0) is 30.9 Å². The predicted molar refractivity (Wildman–Crippen MR) is 80.7 cm³/mol. The third-order valence-corrected chi connectivity index (χ3v) is 3.59. The molecule has 1 rings (SSSR count). The molecule has 4 N–H and O–H groups in total. The molecule has 0 aromatic heterocycles. The fourth-order valence-electron chi connectivity index (χ4n) is 1.68. The minimum absolute atomic E-state index is 0.378. The van der Waals surface area contributed by atoms with Crippen LogP contribution in [0, 0.1) is 6.92 Å². The van der Waals surface area contributed by atoms with Gasteiger partial charge in [0.25, 0.3) is 0 Å². The zero-order valence-electron chi connectivity index (χ0n) is 11.6. The van der Waals surface area contributed by atoms with Gasteiger partial charge in [0.15, 0.2) is 0 Å². The fourth-order valence-corrected chi connectivity index (χ4v) is 2.15. The normalized spacial score (nSPS) is 13.6. The molecule has 1 aromatic carbocycles. The minimum Gasteiger partial charge on any atom is -0.480 e. The lowest BCUT2D eigenvalue weighted by atomic mass is 10.0. The number of carbonyl (C=O) groups excluding carboxylic acids is 1. The number of hydrogen-bond donors (Lipinski definition) is 3. The Labute approximate surface area is 122 Å². The number of carboxylic acids is 1. The number of carboxylic acid groups (broad SMARTS) is 1. The summed E-state index contributed by atoms with van der Waals surface area (Å²) in [5, 5.41) is 11.6. The van der Waals surface area contributed by atoms with Crippen molar-refractivity contribution in [3.8, 4) is 0 Å². The summed E-state index contributed by atoms with van der Waals surface area (Å²) in [5.74, 6) is -0.845. The number of thioether (sulfide) groups is 1. The van der Waals surface area contributed by atoms with E-state index in [1.54, 1.807) is 12.1 Å². The summed E-state index contributed by atoms with van der Waals surface area (Å²) in [6, 6.07) is 5.53. The third kappa shape index (κ3) is 4.86. The van der Waals surface area contributed by atoms with Crippen LogP contribution in [0.15, 0.2) is 24.3 Å². The molecule has 0 spiro atoms. The van der Waals surface area contributed by atoms with Crippen LogP contribution in [0.25, 0.3) is 0 Å². The molecular formula is C14H20N2O3S. The molecule has 5 nitrogen and oxygen atoms in total. The van der Waals surface area contributed by atoms with Crippen LogP contribution in [-0.4, -0.2) is 35.0 Å². The molecule has 0 fully saturated rings. The zero-order chi connectivity index (χ0) is 15.1. The van der Waals surface area contributed by atoms with Crippen molar-refractivity contribution in [3.63, 3.8) is 0 Å². The summed E-state index contributed by atoms with van der Waals surface area (Å²) in [6.07, 6.45) is 2.27. The van der Waals surface area contributed by atoms with Gasteiger partial charge >= 0.3 is 5.97 Å². The van der Waals surface area contributed by atoms with Gasteiger partial charge < -0.3 is 16.2 Å². The Morgan fingerprint density at radius 1 is 1.35 bits per heavy atom. The Bertz CT molecular complexity index is 462. The number of aliphatic carboxylic acids is 1. The third-order valence-electron chi connectivity index (χ3n) is 2.94. The van der Waals surface area contributed by atoms with Gasteiger partial charge in [0.1, 0.15) is 12.1 Å². The topological polar surface area (TPSA) is 92.4 Å². The van der Waals surface area contributed by atoms with Crippen LogP contribution in [0.1, 0.15) is 23.6 Å². The Morgan fingerprint density at radius 2 is 1.95 bits per heavy atom. The van der Waals surface area contributed by atoms with Crippen LogP contribution in [0.2, 0.25) is 0 Å². The van der Waals surface area contributed by atoms with E-state index < -0.39 is 24.0 Å². The van der Waals surface area contributed by atoms with E-state index in [1.807, 2.05) is 25.3 Å². The SMILES string of the molecule is CSCC[C@H](NC(=O)C(N)c1ccc(C)cc1)C(=O)O. The highest BCUT2D eigenvalue weighted by Crippen LogP contribution is 2.12. The Morgan fingerprint density at radius 3 is 2.45 bits per heavy atom. The molecule has 110 valence electrons. The van der Waals surface area contributed by atoms with Gasteiger partial charge in [0.2, 0.25) is 5.91 Å². The molecule has 0 bridgehead atoms. The second kappa shape index (κ2) is 7.91. The van der Waals surface area contributed by atoms with Gasteiger partial charge in [-0.15, -0.1) is 0 Å². The van der Waals surface area contributed by atoms with Crippen molar-refractivity contribution in [2.45, 2.75) is 25.4 Å². The number of nitrogens with one attached hydrogen (secondary N) is 1. The van der Waals surface area contributed by atoms with Crippen molar-refractivity contribution < 1.29 is 14.7 Å². The highest BCUT2D eigenvalue weighted by Gasteiger charge is 2.23. The first-order chi connectivity index (χ1) is 9.45. The highest BCUT2D eigenvalue weighted by atomic mass is 32.2. The maximum absolute atomic E-state index is 12.0. The van der Waals surface area contributed by atoms with Crippen molar-refractivity contribution in [2.24, 2.45) is 5.73 Å². The number of nitrogens with two attached hydrogens (primary N) is 1. The maximum atomic E-state index is 12.0. The molecule has 0 radical (unpaired) electrons. The summed E-state index contributed by atoms with van der Waals surface area (Å²) >= 11 is 1.53. The van der Waals surface area contributed by atoms with Gasteiger partial charge in [0, 0.05) is 0 Å². The summed E-state index contributed by atoms with van der Waals surface area (Å²) in [5.41, 5.74) is 7.60. The lowest BCUT2D eigenvalue weighted by Crippen LogP contribution is -2.45. The van der Waals surface area contributed by atoms with E-state index >= 15 is 0 Å². The largest absolute Gasteiger partial charge is 0.480 e. The molecule has 1 aromatic rings. The van der Waals surface area contributed by atoms with Crippen LogP contribution in [0.3, 0.4) is 0 Å². The molecule has 0 saturated carbocycles. The number of hydrogen-bond acceptors (Lipinski definition) is 4. The molecule has 1 amide bonds. The van der Waals surface area contributed by atoms with Crippen molar-refractivity contribution in [2.75, 3.05) is 12.0 Å². The van der Waals surface area contributed by atoms with Crippen molar-refractivity contribution in [1.82, 2.24) is 5.32 Å². The van der Waals surface area contributed by atoms with Gasteiger partial charge in [-0.2, -0.15) is 11.8 Å². The Balaban J connectivity index is 2.68. The molecular weight excluding hydrogens is 276 g/mol. The van der Waals surface area contributed by atoms with E-state index in [9.17, 15) is 9.59 Å². The van der Waals surface area contributed by atoms with Gasteiger partial charge in [-0.25, -0.2) is 4.79 Å². The lowest BCUT2D eigenvalue weighted by molar-refractivity contribution is -0.142. The van der Waals surface area contributed by atoms with E-state index in [4.69, 9.17) is 10.8 Å². The van der Waals surface area contributed by atoms with Crippen molar-refractivity contribution in [3.05, 3.63) is 35.4 Å². The first kappa shape index (κ1) is 16.5. The summed E-state index contributed by atoms with van der Waals surface area (Å²) in [4.78, 5) is 23.1. The van der Waals surface area contributed by atoms with E-state index in [0.717, 1.165) is 5.56 Å². The highest BCUT2D eigenvalue weighted by molar-refractivity contribution is 7.98. The molecule has 6 heteroatoms. The summed E-state index contributed by atoms with van der Waals surface area (Å²) in [7, 11) is 0. The average Bonchev–Trinajstić information content (AvgIpc) is 2.42. The van der Waals surface area contributed by atoms with Gasteiger partial charge in [-0.1, -0.05) is 29.8 Å². The summed E-state index contributed by atoms with van der Waals surface area (Å²) < 4.78 is 0. The first-order valence-electron chi connectivity index (χ1n) is 6.30. The number of carbonyl (C=O) groups is 2. The van der Waals surface area contributed by atoms with Crippen molar-refractivity contribution in [1.29, 1.82) is 0 Å². The van der Waals surface area contributed by atoms with E-state index in [0.29, 0.717) is 17.7 Å². The molecule has 20 heavy (non-hydrogen) atoms.